The molecule has 0 atom stereocenters. The summed E-state index contributed by atoms with van der Waals surface area (Å²) in [5, 5.41) is 18.6. The highest BCUT2D eigenvalue weighted by atomic mass is 32.1. The van der Waals surface area contributed by atoms with Crippen LogP contribution in [0.5, 0.6) is 0 Å². The summed E-state index contributed by atoms with van der Waals surface area (Å²) in [5.74, 6) is 0. The van der Waals surface area contributed by atoms with Crippen molar-refractivity contribution < 1.29 is 0 Å². The van der Waals surface area contributed by atoms with E-state index in [1.807, 2.05) is 0 Å². The quantitative estimate of drug-likeness (QED) is 0.143. The van der Waals surface area contributed by atoms with Gasteiger partial charge in [-0.1, -0.05) is 17.7 Å². The molecule has 0 spiro atoms. The van der Waals surface area contributed by atoms with Gasteiger partial charge < -0.3 is 0 Å². The van der Waals surface area contributed by atoms with Crippen LogP contribution in [0.2, 0.25) is 0 Å². The molecule has 7 aromatic rings. The average molecular weight is 579 g/mol. The van der Waals surface area contributed by atoms with Crippen molar-refractivity contribution in [3.63, 3.8) is 0 Å². The van der Waals surface area contributed by atoms with Crippen LogP contribution in [-0.2, 0) is 0 Å². The van der Waals surface area contributed by atoms with Crippen LogP contribution >= 0.6 is 45.3 Å². The van der Waals surface area contributed by atoms with Crippen molar-refractivity contribution in [3.05, 3.63) is 117 Å². The van der Waals surface area contributed by atoms with Gasteiger partial charge in [-0.25, -0.2) is 0 Å². The summed E-state index contributed by atoms with van der Waals surface area (Å²) >= 11 is 7.14. The zero-order chi connectivity index (χ0) is 26.5. The molecule has 3 aromatic carbocycles. The van der Waals surface area contributed by atoms with E-state index in [2.05, 4.69) is 131 Å². The van der Waals surface area contributed by atoms with Crippen molar-refractivity contribution in [3.8, 4) is 0 Å². The van der Waals surface area contributed by atoms with Crippen LogP contribution in [0.3, 0.4) is 0 Å². The lowest BCUT2D eigenvalue weighted by Gasteiger charge is -2.31. The summed E-state index contributed by atoms with van der Waals surface area (Å²) in [5.41, 5.74) is 6.36. The lowest BCUT2D eigenvalue weighted by Crippen LogP contribution is -2.12. The van der Waals surface area contributed by atoms with E-state index in [-0.39, 0.29) is 0 Å². The van der Waals surface area contributed by atoms with E-state index in [0.29, 0.717) is 0 Å². The molecule has 0 aliphatic heterocycles. The molecule has 192 valence electrons. The van der Waals surface area contributed by atoms with E-state index in [9.17, 15) is 0 Å². The molecular weight excluding hydrogens is 553 g/mol. The molecule has 0 unspecified atom stereocenters. The molecule has 0 N–H and O–H groups in total. The van der Waals surface area contributed by atoms with Crippen molar-refractivity contribution in [1.82, 2.24) is 0 Å². The maximum absolute atomic E-state index is 2.47. The fourth-order valence-corrected chi connectivity index (χ4v) is 8.40. The molecule has 4 heterocycles. The van der Waals surface area contributed by atoms with Gasteiger partial charge in [0.15, 0.2) is 0 Å². The fraction of sp³-hybridized carbons (Fsp3) is 0.0909. The van der Waals surface area contributed by atoms with Gasteiger partial charge in [0.2, 0.25) is 0 Å². The first-order valence-electron chi connectivity index (χ1n) is 12.8. The van der Waals surface area contributed by atoms with Crippen LogP contribution in [0.4, 0.5) is 31.4 Å². The Morgan fingerprint density at radius 2 is 0.821 bits per heavy atom. The number of aryl methyl sites for hydroxylation is 3. The van der Waals surface area contributed by atoms with E-state index in [1.54, 1.807) is 45.3 Å². The van der Waals surface area contributed by atoms with Crippen LogP contribution in [0.1, 0.15) is 16.7 Å². The third-order valence-corrected chi connectivity index (χ3v) is 10.6. The molecule has 2 nitrogen and oxygen atoms in total. The molecule has 6 heteroatoms. The fourth-order valence-electron chi connectivity index (χ4n) is 5.29. The molecule has 0 aliphatic rings. The molecule has 0 radical (unpaired) electrons. The van der Waals surface area contributed by atoms with Crippen LogP contribution in [0, 0.1) is 20.8 Å². The first kappa shape index (κ1) is 24.6. The number of rotatable bonds is 6. The Kier molecular flexibility index (Phi) is 6.28. The summed E-state index contributed by atoms with van der Waals surface area (Å²) in [4.78, 5) is 4.94. The van der Waals surface area contributed by atoms with Gasteiger partial charge in [0.1, 0.15) is 20.0 Å². The Morgan fingerprint density at radius 1 is 0.436 bits per heavy atom. The maximum atomic E-state index is 2.47. The molecule has 0 bridgehead atoms. The summed E-state index contributed by atoms with van der Waals surface area (Å²) in [6, 6.07) is 29.3. The van der Waals surface area contributed by atoms with Gasteiger partial charge >= 0.3 is 0 Å². The number of anilines is 6. The number of nitrogens with zero attached hydrogens (tertiary/aromatic N) is 2. The van der Waals surface area contributed by atoms with Crippen molar-refractivity contribution >= 4 is 98.3 Å². The van der Waals surface area contributed by atoms with Gasteiger partial charge in [-0.2, -0.15) is 0 Å². The Morgan fingerprint density at radius 3 is 1.21 bits per heavy atom. The van der Waals surface area contributed by atoms with Gasteiger partial charge in [0.25, 0.3) is 0 Å². The standard InChI is InChI=1S/C33H26N2S4/c1-21-12-13-24-25(18-21)33(35(30-10-6-16-38-30)31-11-7-17-39-31)27-20-23(3)22(2)19-26(27)32(24)34(28-8-4-14-36-28)29-9-5-15-37-29/h4-20H,1-3H3. The van der Waals surface area contributed by atoms with Crippen molar-refractivity contribution in [2.45, 2.75) is 20.8 Å². The van der Waals surface area contributed by atoms with Crippen LogP contribution < -0.4 is 9.80 Å². The van der Waals surface area contributed by atoms with E-state index in [1.165, 1.54) is 69.6 Å². The Bertz CT molecular complexity index is 1810. The molecule has 0 saturated heterocycles. The van der Waals surface area contributed by atoms with Crippen LogP contribution in [0.25, 0.3) is 21.5 Å². The lowest BCUT2D eigenvalue weighted by atomic mass is 9.93. The molecule has 0 fully saturated rings. The second kappa shape index (κ2) is 9.96. The highest BCUT2D eigenvalue weighted by Crippen LogP contribution is 2.53. The van der Waals surface area contributed by atoms with E-state index < -0.39 is 0 Å². The first-order chi connectivity index (χ1) is 19.1. The molecule has 0 aliphatic carbocycles. The molecular formula is C33H26N2S4. The minimum absolute atomic E-state index is 1.22. The smallest absolute Gasteiger partial charge is 0.101 e. The zero-order valence-electron chi connectivity index (χ0n) is 21.8. The highest BCUT2D eigenvalue weighted by molar-refractivity contribution is 7.17. The van der Waals surface area contributed by atoms with Gasteiger partial charge in [0, 0.05) is 21.5 Å². The third kappa shape index (κ3) is 4.19. The van der Waals surface area contributed by atoms with Crippen molar-refractivity contribution in [1.29, 1.82) is 0 Å². The number of benzene rings is 3. The molecule has 4 aromatic heterocycles. The van der Waals surface area contributed by atoms with Crippen molar-refractivity contribution in [2.24, 2.45) is 0 Å². The Balaban J connectivity index is 1.68. The third-order valence-electron chi connectivity index (χ3n) is 7.18. The largest absolute Gasteiger partial charge is 0.292 e. The Hall–Kier alpha value is -3.42. The van der Waals surface area contributed by atoms with Gasteiger partial charge in [-0.05, 0) is 120 Å². The second-order valence-corrected chi connectivity index (χ2v) is 13.4. The van der Waals surface area contributed by atoms with Crippen LogP contribution in [-0.4, -0.2) is 0 Å². The normalized spacial score (nSPS) is 11.5. The minimum atomic E-state index is 1.22. The zero-order valence-corrected chi connectivity index (χ0v) is 25.1. The summed E-state index contributed by atoms with van der Waals surface area (Å²) in [6.45, 7) is 6.66. The summed E-state index contributed by atoms with van der Waals surface area (Å²) in [6.07, 6.45) is 0. The molecule has 7 rings (SSSR count). The topological polar surface area (TPSA) is 6.48 Å². The lowest BCUT2D eigenvalue weighted by molar-refractivity contribution is 1.33. The van der Waals surface area contributed by atoms with Gasteiger partial charge in [-0.3, -0.25) is 9.80 Å². The van der Waals surface area contributed by atoms with Crippen LogP contribution in [0.15, 0.2) is 100 Å². The predicted octanol–water partition coefficient (Wildman–Crippen LogP) is 12.1. The molecule has 0 amide bonds. The molecule has 0 saturated carbocycles. The summed E-state index contributed by atoms with van der Waals surface area (Å²) < 4.78 is 0. The van der Waals surface area contributed by atoms with E-state index >= 15 is 0 Å². The highest BCUT2D eigenvalue weighted by Gasteiger charge is 2.27. The molecule has 39 heavy (non-hydrogen) atoms. The van der Waals surface area contributed by atoms with Gasteiger partial charge in [-0.15, -0.1) is 45.3 Å². The predicted molar refractivity (Wildman–Crippen MR) is 177 cm³/mol. The number of hydrogen-bond acceptors (Lipinski definition) is 6. The average Bonchev–Trinajstić information content (AvgIpc) is 3.76. The van der Waals surface area contributed by atoms with E-state index in [0.717, 1.165) is 0 Å². The number of hydrogen-bond donors (Lipinski definition) is 0. The Labute approximate surface area is 244 Å². The minimum Gasteiger partial charge on any atom is -0.292 e. The maximum Gasteiger partial charge on any atom is 0.101 e. The summed E-state index contributed by atoms with van der Waals surface area (Å²) in [7, 11) is 0. The van der Waals surface area contributed by atoms with Gasteiger partial charge in [0.05, 0.1) is 11.4 Å². The SMILES string of the molecule is Cc1ccc2c(N(c3cccs3)c3cccs3)c3cc(C)c(C)cc3c(N(c3cccs3)c3cccs3)c2c1. The second-order valence-electron chi connectivity index (χ2n) is 9.70. The monoisotopic (exact) mass is 578 g/mol. The first-order valence-corrected chi connectivity index (χ1v) is 16.3. The van der Waals surface area contributed by atoms with E-state index in [4.69, 9.17) is 0 Å². The number of thiophene rings is 4. The number of fused-ring (bicyclic) bond motifs is 2. The van der Waals surface area contributed by atoms with Crippen molar-refractivity contribution in [2.75, 3.05) is 9.80 Å².